The second-order valence-corrected chi connectivity index (χ2v) is 8.25. The number of amides is 1. The highest BCUT2D eigenvalue weighted by atomic mass is 35.5. The summed E-state index contributed by atoms with van der Waals surface area (Å²) in [7, 11) is -3.52. The molecule has 1 aliphatic rings. The molecule has 1 aliphatic heterocycles. The molecule has 0 aliphatic carbocycles. The maximum Gasteiger partial charge on any atom is 0.253 e. The second kappa shape index (κ2) is 8.18. The van der Waals surface area contributed by atoms with Crippen LogP contribution in [0.15, 0.2) is 54.6 Å². The van der Waals surface area contributed by atoms with E-state index in [9.17, 15) is 13.2 Å². The molecule has 3 rings (SSSR count). The summed E-state index contributed by atoms with van der Waals surface area (Å²) < 4.78 is 32.5. The molecule has 6 nitrogen and oxygen atoms in total. The van der Waals surface area contributed by atoms with Gasteiger partial charge in [0, 0.05) is 17.3 Å². The van der Waals surface area contributed by atoms with Gasteiger partial charge in [-0.15, -0.1) is 0 Å². The lowest BCUT2D eigenvalue weighted by Crippen LogP contribution is -2.50. The molecule has 8 heteroatoms. The predicted molar refractivity (Wildman–Crippen MR) is 101 cm³/mol. The van der Waals surface area contributed by atoms with Crippen LogP contribution in [0.2, 0.25) is 5.02 Å². The molecule has 2 aromatic rings. The van der Waals surface area contributed by atoms with Gasteiger partial charge in [-0.1, -0.05) is 41.9 Å². The largest absolute Gasteiger partial charge is 0.365 e. The van der Waals surface area contributed by atoms with E-state index >= 15 is 0 Å². The molecule has 26 heavy (non-hydrogen) atoms. The Morgan fingerprint density at radius 2 is 1.81 bits per heavy atom. The lowest BCUT2D eigenvalue weighted by molar-refractivity contribution is -0.129. The number of hydrogen-bond acceptors (Lipinski definition) is 4. The molecule has 0 aromatic heterocycles. The number of para-hydroxylation sites is 1. The van der Waals surface area contributed by atoms with E-state index in [2.05, 4.69) is 4.72 Å². The fourth-order valence-corrected chi connectivity index (χ4v) is 3.98. The zero-order chi connectivity index (χ0) is 18.6. The zero-order valence-electron chi connectivity index (χ0n) is 14.0. The van der Waals surface area contributed by atoms with Crippen LogP contribution < -0.4 is 9.62 Å². The molecule has 1 heterocycles. The van der Waals surface area contributed by atoms with Gasteiger partial charge in [-0.3, -0.25) is 4.79 Å². The van der Waals surface area contributed by atoms with E-state index in [1.54, 1.807) is 29.2 Å². The molecular formula is C18H19ClN2O4S. The van der Waals surface area contributed by atoms with Crippen LogP contribution in [0.4, 0.5) is 5.69 Å². The van der Waals surface area contributed by atoms with Gasteiger partial charge >= 0.3 is 0 Å². The van der Waals surface area contributed by atoms with E-state index in [1.807, 2.05) is 30.3 Å². The summed E-state index contributed by atoms with van der Waals surface area (Å²) in [5.74, 6) is -0.283. The third kappa shape index (κ3) is 5.04. The van der Waals surface area contributed by atoms with Crippen molar-refractivity contribution in [2.45, 2.75) is 11.9 Å². The molecule has 1 fully saturated rings. The molecule has 1 unspecified atom stereocenters. The van der Waals surface area contributed by atoms with Gasteiger partial charge in [-0.05, 0) is 29.8 Å². The van der Waals surface area contributed by atoms with Gasteiger partial charge in [0.2, 0.25) is 10.0 Å². The van der Waals surface area contributed by atoms with Crippen LogP contribution in [0, 0.1) is 0 Å². The first kappa shape index (κ1) is 18.8. The molecule has 1 saturated heterocycles. The highest BCUT2D eigenvalue weighted by Crippen LogP contribution is 2.18. The second-order valence-electron chi connectivity index (χ2n) is 6.01. The number of hydrogen-bond donors (Lipinski definition) is 1. The van der Waals surface area contributed by atoms with Crippen molar-refractivity contribution < 1.29 is 17.9 Å². The Morgan fingerprint density at radius 1 is 1.12 bits per heavy atom. The van der Waals surface area contributed by atoms with Crippen molar-refractivity contribution in [2.24, 2.45) is 0 Å². The van der Waals surface area contributed by atoms with Gasteiger partial charge in [0.15, 0.2) is 0 Å². The highest BCUT2D eigenvalue weighted by molar-refractivity contribution is 7.88. The maximum atomic E-state index is 12.3. The minimum atomic E-state index is -3.52. The predicted octanol–water partition coefficient (Wildman–Crippen LogP) is 2.19. The first-order chi connectivity index (χ1) is 12.4. The summed E-state index contributed by atoms with van der Waals surface area (Å²) in [6, 6.07) is 15.9. The smallest absolute Gasteiger partial charge is 0.253 e. The van der Waals surface area contributed by atoms with Crippen molar-refractivity contribution >= 4 is 33.2 Å². The standard InChI is InChI=1S/C18H19ClN2O4S/c19-15-8-6-14(7-9-15)13-26(23,24)20-10-17-11-21(18(22)12-25-17)16-4-2-1-3-5-16/h1-9,17,20H,10-13H2. The molecule has 0 saturated carbocycles. The number of ether oxygens (including phenoxy) is 1. The molecule has 0 spiro atoms. The summed E-state index contributed by atoms with van der Waals surface area (Å²) in [5, 5.41) is 0.556. The third-order valence-electron chi connectivity index (χ3n) is 4.00. The number of halogens is 1. The van der Waals surface area contributed by atoms with Crippen LogP contribution in [-0.4, -0.2) is 40.1 Å². The van der Waals surface area contributed by atoms with Crippen molar-refractivity contribution in [3.05, 3.63) is 65.2 Å². The summed E-state index contributed by atoms with van der Waals surface area (Å²) in [5.41, 5.74) is 1.42. The van der Waals surface area contributed by atoms with Crippen LogP contribution in [-0.2, 0) is 25.3 Å². The first-order valence-corrected chi connectivity index (χ1v) is 10.1. The molecule has 1 atom stereocenters. The van der Waals surface area contributed by atoms with Gasteiger partial charge < -0.3 is 9.64 Å². The number of benzene rings is 2. The third-order valence-corrected chi connectivity index (χ3v) is 5.57. The van der Waals surface area contributed by atoms with E-state index in [-0.39, 0.29) is 24.8 Å². The number of carbonyl (C=O) groups is 1. The molecule has 1 amide bonds. The number of carbonyl (C=O) groups excluding carboxylic acids is 1. The number of rotatable bonds is 6. The molecular weight excluding hydrogens is 376 g/mol. The molecule has 0 bridgehead atoms. The average Bonchev–Trinajstić information content (AvgIpc) is 2.63. The molecule has 1 N–H and O–H groups in total. The van der Waals surface area contributed by atoms with E-state index in [1.165, 1.54) is 0 Å². The lowest BCUT2D eigenvalue weighted by Gasteiger charge is -2.32. The topological polar surface area (TPSA) is 75.7 Å². The quantitative estimate of drug-likeness (QED) is 0.814. The normalized spacial score (nSPS) is 18.1. The van der Waals surface area contributed by atoms with Gasteiger partial charge in [0.1, 0.15) is 6.61 Å². The Bertz CT molecular complexity index is 857. The van der Waals surface area contributed by atoms with Crippen molar-refractivity contribution in [1.82, 2.24) is 4.72 Å². The monoisotopic (exact) mass is 394 g/mol. The Kier molecular flexibility index (Phi) is 5.93. The van der Waals surface area contributed by atoms with Crippen LogP contribution in [0.25, 0.3) is 0 Å². The number of anilines is 1. The Balaban J connectivity index is 1.58. The lowest BCUT2D eigenvalue weighted by atomic mass is 10.2. The molecule has 0 radical (unpaired) electrons. The van der Waals surface area contributed by atoms with Crippen LogP contribution in [0.1, 0.15) is 5.56 Å². The summed E-state index contributed by atoms with van der Waals surface area (Å²) >= 11 is 5.81. The van der Waals surface area contributed by atoms with Gasteiger partial charge in [-0.2, -0.15) is 0 Å². The van der Waals surface area contributed by atoms with Gasteiger partial charge in [0.05, 0.1) is 18.4 Å². The number of nitrogens with one attached hydrogen (secondary N) is 1. The van der Waals surface area contributed by atoms with E-state index in [0.717, 1.165) is 5.69 Å². The first-order valence-electron chi connectivity index (χ1n) is 8.12. The summed E-state index contributed by atoms with van der Waals surface area (Å²) in [6.45, 7) is 0.331. The van der Waals surface area contributed by atoms with Crippen LogP contribution in [0.5, 0.6) is 0 Å². The number of nitrogens with zero attached hydrogens (tertiary/aromatic N) is 1. The van der Waals surface area contributed by atoms with Crippen molar-refractivity contribution in [3.63, 3.8) is 0 Å². The zero-order valence-corrected chi connectivity index (χ0v) is 15.5. The van der Waals surface area contributed by atoms with Crippen molar-refractivity contribution in [1.29, 1.82) is 0 Å². The molecule has 138 valence electrons. The Morgan fingerprint density at radius 3 is 2.50 bits per heavy atom. The minimum Gasteiger partial charge on any atom is -0.365 e. The Hall–Kier alpha value is -1.93. The summed E-state index contributed by atoms with van der Waals surface area (Å²) in [4.78, 5) is 13.7. The maximum absolute atomic E-state index is 12.3. The van der Waals surface area contributed by atoms with Crippen LogP contribution >= 0.6 is 11.6 Å². The van der Waals surface area contributed by atoms with Crippen molar-refractivity contribution in [3.8, 4) is 0 Å². The van der Waals surface area contributed by atoms with Gasteiger partial charge in [-0.25, -0.2) is 13.1 Å². The van der Waals surface area contributed by atoms with Gasteiger partial charge in [0.25, 0.3) is 5.91 Å². The minimum absolute atomic E-state index is 0.0710. The number of morpholine rings is 1. The van der Waals surface area contributed by atoms with Crippen molar-refractivity contribution in [2.75, 3.05) is 24.6 Å². The fourth-order valence-electron chi connectivity index (χ4n) is 2.68. The van der Waals surface area contributed by atoms with E-state index in [0.29, 0.717) is 17.1 Å². The SMILES string of the molecule is O=C1COC(CNS(=O)(=O)Cc2ccc(Cl)cc2)CN1c1ccccc1. The average molecular weight is 395 g/mol. The fraction of sp³-hybridized carbons (Fsp3) is 0.278. The number of sulfonamides is 1. The summed E-state index contributed by atoms with van der Waals surface area (Å²) in [6.07, 6.45) is -0.409. The Labute approximate surface area is 157 Å². The van der Waals surface area contributed by atoms with E-state index < -0.39 is 16.1 Å². The highest BCUT2D eigenvalue weighted by Gasteiger charge is 2.28. The van der Waals surface area contributed by atoms with Crippen LogP contribution in [0.3, 0.4) is 0 Å². The molecule has 2 aromatic carbocycles. The van der Waals surface area contributed by atoms with E-state index in [4.69, 9.17) is 16.3 Å².